The Labute approximate surface area is 134 Å². The number of hydrogen-bond acceptors (Lipinski definition) is 2. The summed E-state index contributed by atoms with van der Waals surface area (Å²) in [5.74, 6) is 0.940. The van der Waals surface area contributed by atoms with Gasteiger partial charge in [0.25, 0.3) is 0 Å². The lowest BCUT2D eigenvalue weighted by molar-refractivity contribution is 0.406. The molecule has 0 radical (unpaired) electrons. The van der Waals surface area contributed by atoms with Crippen molar-refractivity contribution in [1.82, 2.24) is 0 Å². The zero-order chi connectivity index (χ0) is 14.5. The molecule has 1 unspecified atom stereocenters. The first-order chi connectivity index (χ1) is 9.65. The van der Waals surface area contributed by atoms with E-state index in [9.17, 15) is 0 Å². The van der Waals surface area contributed by atoms with Crippen LogP contribution in [0.5, 0.6) is 5.75 Å². The fraction of sp³-hybridized carbons (Fsp3) is 0.294. The standard InChI is InChI=1S/C17H20INO/c1-4-15(14-7-5-6-8-17(14)20-3)19-16-10-9-13(18)11-12(16)2/h5-11,15,19H,4H2,1-3H3. The molecule has 0 bridgehead atoms. The molecule has 0 fully saturated rings. The van der Waals surface area contributed by atoms with Crippen molar-refractivity contribution in [2.75, 3.05) is 12.4 Å². The van der Waals surface area contributed by atoms with Crippen LogP contribution in [-0.4, -0.2) is 7.11 Å². The van der Waals surface area contributed by atoms with Crippen LogP contribution in [0.15, 0.2) is 42.5 Å². The normalized spacial score (nSPS) is 12.0. The van der Waals surface area contributed by atoms with Crippen LogP contribution in [0.1, 0.15) is 30.5 Å². The number of para-hydroxylation sites is 1. The zero-order valence-electron chi connectivity index (χ0n) is 12.1. The van der Waals surface area contributed by atoms with Crippen molar-refractivity contribution in [1.29, 1.82) is 0 Å². The molecule has 0 aromatic heterocycles. The summed E-state index contributed by atoms with van der Waals surface area (Å²) < 4.78 is 6.73. The Morgan fingerprint density at radius 2 is 1.95 bits per heavy atom. The molecule has 0 aliphatic rings. The van der Waals surface area contributed by atoms with E-state index in [0.29, 0.717) is 0 Å². The third-order valence-electron chi connectivity index (χ3n) is 3.44. The Balaban J connectivity index is 2.29. The highest BCUT2D eigenvalue weighted by atomic mass is 127. The van der Waals surface area contributed by atoms with Crippen LogP contribution in [0.25, 0.3) is 0 Å². The van der Waals surface area contributed by atoms with Crippen molar-refractivity contribution in [2.45, 2.75) is 26.3 Å². The van der Waals surface area contributed by atoms with E-state index in [1.165, 1.54) is 20.4 Å². The molecule has 0 spiro atoms. The quantitative estimate of drug-likeness (QED) is 0.722. The van der Waals surface area contributed by atoms with E-state index in [4.69, 9.17) is 4.74 Å². The fourth-order valence-corrected chi connectivity index (χ4v) is 2.98. The molecule has 106 valence electrons. The maximum Gasteiger partial charge on any atom is 0.124 e. The highest BCUT2D eigenvalue weighted by Crippen LogP contribution is 2.31. The number of rotatable bonds is 5. The first kappa shape index (κ1) is 15.2. The van der Waals surface area contributed by atoms with Crippen molar-refractivity contribution in [2.24, 2.45) is 0 Å². The van der Waals surface area contributed by atoms with Crippen LogP contribution in [0.3, 0.4) is 0 Å². The fourth-order valence-electron chi connectivity index (χ4n) is 2.33. The average Bonchev–Trinajstić information content (AvgIpc) is 2.46. The molecule has 0 amide bonds. The van der Waals surface area contributed by atoms with Crippen LogP contribution >= 0.6 is 22.6 Å². The summed E-state index contributed by atoms with van der Waals surface area (Å²) in [6, 6.07) is 14.9. The first-order valence-corrected chi connectivity index (χ1v) is 7.89. The molecule has 2 rings (SSSR count). The number of hydrogen-bond donors (Lipinski definition) is 1. The summed E-state index contributed by atoms with van der Waals surface area (Å²) in [6.45, 7) is 4.32. The SMILES string of the molecule is CCC(Nc1ccc(I)cc1C)c1ccccc1OC. The van der Waals surface area contributed by atoms with Gasteiger partial charge in [0, 0.05) is 14.8 Å². The summed E-state index contributed by atoms with van der Waals surface area (Å²) in [5.41, 5.74) is 3.66. The Bertz CT molecular complexity index is 583. The second-order valence-corrected chi connectivity index (χ2v) is 6.05. The number of aryl methyl sites for hydroxylation is 1. The molecule has 1 N–H and O–H groups in total. The highest BCUT2D eigenvalue weighted by Gasteiger charge is 2.14. The lowest BCUT2D eigenvalue weighted by Crippen LogP contribution is -2.11. The van der Waals surface area contributed by atoms with Crippen LogP contribution in [0, 0.1) is 10.5 Å². The number of ether oxygens (including phenoxy) is 1. The van der Waals surface area contributed by atoms with Gasteiger partial charge in [0.1, 0.15) is 5.75 Å². The Morgan fingerprint density at radius 3 is 2.60 bits per heavy atom. The number of benzene rings is 2. The molecule has 3 heteroatoms. The first-order valence-electron chi connectivity index (χ1n) is 6.81. The zero-order valence-corrected chi connectivity index (χ0v) is 14.3. The van der Waals surface area contributed by atoms with Gasteiger partial charge in [-0.2, -0.15) is 0 Å². The van der Waals surface area contributed by atoms with Gasteiger partial charge in [0.2, 0.25) is 0 Å². The van der Waals surface area contributed by atoms with E-state index in [0.717, 1.165) is 12.2 Å². The monoisotopic (exact) mass is 381 g/mol. The second-order valence-electron chi connectivity index (χ2n) is 4.81. The van der Waals surface area contributed by atoms with Crippen molar-refractivity contribution < 1.29 is 4.74 Å². The lowest BCUT2D eigenvalue weighted by Gasteiger charge is -2.22. The minimum Gasteiger partial charge on any atom is -0.496 e. The molecule has 0 saturated heterocycles. The number of halogens is 1. The van der Waals surface area contributed by atoms with Crippen LogP contribution in [0.2, 0.25) is 0 Å². The van der Waals surface area contributed by atoms with Crippen molar-refractivity contribution in [3.63, 3.8) is 0 Å². The van der Waals surface area contributed by atoms with Crippen LogP contribution < -0.4 is 10.1 Å². The van der Waals surface area contributed by atoms with Gasteiger partial charge < -0.3 is 10.1 Å². The maximum absolute atomic E-state index is 5.47. The third-order valence-corrected chi connectivity index (χ3v) is 4.11. The van der Waals surface area contributed by atoms with E-state index >= 15 is 0 Å². The summed E-state index contributed by atoms with van der Waals surface area (Å²) in [6.07, 6.45) is 1.01. The summed E-state index contributed by atoms with van der Waals surface area (Å²) in [5, 5.41) is 3.63. The van der Waals surface area contributed by atoms with Gasteiger partial charge in [-0.1, -0.05) is 25.1 Å². The van der Waals surface area contributed by atoms with Crippen LogP contribution in [-0.2, 0) is 0 Å². The van der Waals surface area contributed by atoms with Gasteiger partial charge in [-0.25, -0.2) is 0 Å². The van der Waals surface area contributed by atoms with Crippen molar-refractivity contribution in [3.05, 3.63) is 57.2 Å². The van der Waals surface area contributed by atoms with Crippen molar-refractivity contribution >= 4 is 28.3 Å². The molecule has 2 aromatic rings. The van der Waals surface area contributed by atoms with Crippen LogP contribution in [0.4, 0.5) is 5.69 Å². The van der Waals surface area contributed by atoms with Gasteiger partial charge in [0.05, 0.1) is 13.2 Å². The number of nitrogens with one attached hydrogen (secondary N) is 1. The smallest absolute Gasteiger partial charge is 0.124 e. The second kappa shape index (κ2) is 6.97. The molecule has 2 nitrogen and oxygen atoms in total. The number of methoxy groups -OCH3 is 1. The molecular weight excluding hydrogens is 361 g/mol. The van der Waals surface area contributed by atoms with Gasteiger partial charge in [-0.15, -0.1) is 0 Å². The molecule has 0 aliphatic heterocycles. The molecule has 2 aromatic carbocycles. The molecule has 20 heavy (non-hydrogen) atoms. The molecule has 0 heterocycles. The maximum atomic E-state index is 5.47. The van der Waals surface area contributed by atoms with Gasteiger partial charge in [0.15, 0.2) is 0 Å². The summed E-state index contributed by atoms with van der Waals surface area (Å²) in [7, 11) is 1.72. The Hall–Kier alpha value is -1.23. The Kier molecular flexibility index (Phi) is 5.29. The summed E-state index contributed by atoms with van der Waals surface area (Å²) in [4.78, 5) is 0. The predicted molar refractivity (Wildman–Crippen MR) is 93.5 cm³/mol. The largest absolute Gasteiger partial charge is 0.496 e. The van der Waals surface area contributed by atoms with Gasteiger partial charge >= 0.3 is 0 Å². The third kappa shape index (κ3) is 3.45. The van der Waals surface area contributed by atoms with E-state index in [-0.39, 0.29) is 6.04 Å². The van der Waals surface area contributed by atoms with E-state index in [1.54, 1.807) is 7.11 Å². The summed E-state index contributed by atoms with van der Waals surface area (Å²) >= 11 is 2.34. The minimum absolute atomic E-state index is 0.255. The molecule has 0 saturated carbocycles. The highest BCUT2D eigenvalue weighted by molar-refractivity contribution is 14.1. The molecular formula is C17H20INO. The number of anilines is 1. The lowest BCUT2D eigenvalue weighted by atomic mass is 10.0. The minimum atomic E-state index is 0.255. The van der Waals surface area contributed by atoms with E-state index in [2.05, 4.69) is 72.1 Å². The van der Waals surface area contributed by atoms with Gasteiger partial charge in [-0.05, 0) is 65.8 Å². The topological polar surface area (TPSA) is 21.3 Å². The average molecular weight is 381 g/mol. The van der Waals surface area contributed by atoms with E-state index in [1.807, 2.05) is 12.1 Å². The van der Waals surface area contributed by atoms with E-state index < -0.39 is 0 Å². The molecule has 1 atom stereocenters. The Morgan fingerprint density at radius 1 is 1.20 bits per heavy atom. The van der Waals surface area contributed by atoms with Gasteiger partial charge in [-0.3, -0.25) is 0 Å². The predicted octanol–water partition coefficient (Wildman–Crippen LogP) is 5.17. The molecule has 0 aliphatic carbocycles. The van der Waals surface area contributed by atoms with Crippen molar-refractivity contribution in [3.8, 4) is 5.75 Å².